The Balaban J connectivity index is 2.22. The van der Waals surface area contributed by atoms with Crippen molar-refractivity contribution in [1.29, 1.82) is 0 Å². The molecule has 2 aromatic heterocycles. The van der Waals surface area contributed by atoms with E-state index in [0.29, 0.717) is 21.5 Å². The normalized spacial score (nSPS) is 11.1. The molecule has 3 nitrogen and oxygen atoms in total. The van der Waals surface area contributed by atoms with Crippen molar-refractivity contribution in [1.82, 2.24) is 15.0 Å². The standard InChI is InChI=1S/C13H9BrFN3/c1-7-2-3-16-13-11(7)17-12(18-13)8-4-9(14)6-10(15)5-8/h2-6H,1H3,(H,16,17,18). The molecule has 0 amide bonds. The lowest BCUT2D eigenvalue weighted by molar-refractivity contribution is 0.627. The molecule has 18 heavy (non-hydrogen) atoms. The molecule has 3 rings (SSSR count). The van der Waals surface area contributed by atoms with Crippen molar-refractivity contribution >= 4 is 27.1 Å². The molecule has 0 spiro atoms. The predicted molar refractivity (Wildman–Crippen MR) is 71.7 cm³/mol. The zero-order chi connectivity index (χ0) is 12.7. The molecule has 0 radical (unpaired) electrons. The molecule has 0 saturated carbocycles. The second-order valence-electron chi connectivity index (χ2n) is 4.07. The van der Waals surface area contributed by atoms with Gasteiger partial charge in [-0.15, -0.1) is 0 Å². The molecule has 1 N–H and O–H groups in total. The van der Waals surface area contributed by atoms with E-state index in [2.05, 4.69) is 30.9 Å². The SMILES string of the molecule is Cc1ccnc2nc(-c3cc(F)cc(Br)c3)[nH]c12. The van der Waals surface area contributed by atoms with Crippen LogP contribution in [0.3, 0.4) is 0 Å². The van der Waals surface area contributed by atoms with Crippen LogP contribution in [0.5, 0.6) is 0 Å². The van der Waals surface area contributed by atoms with E-state index in [0.717, 1.165) is 11.1 Å². The number of nitrogens with one attached hydrogen (secondary N) is 1. The zero-order valence-electron chi connectivity index (χ0n) is 9.54. The lowest BCUT2D eigenvalue weighted by atomic mass is 10.2. The second kappa shape index (κ2) is 4.17. The predicted octanol–water partition coefficient (Wildman–Crippen LogP) is 3.83. The number of hydrogen-bond donors (Lipinski definition) is 1. The lowest BCUT2D eigenvalue weighted by Gasteiger charge is -1.98. The van der Waals surface area contributed by atoms with Crippen molar-refractivity contribution in [3.05, 3.63) is 46.3 Å². The number of rotatable bonds is 1. The number of H-pyrrole nitrogens is 1. The number of benzene rings is 1. The van der Waals surface area contributed by atoms with E-state index in [1.54, 1.807) is 6.20 Å². The number of nitrogens with zero attached hydrogens (tertiary/aromatic N) is 2. The Morgan fingerprint density at radius 2 is 2.11 bits per heavy atom. The van der Waals surface area contributed by atoms with E-state index in [9.17, 15) is 4.39 Å². The second-order valence-corrected chi connectivity index (χ2v) is 4.99. The summed E-state index contributed by atoms with van der Waals surface area (Å²) < 4.78 is 14.0. The van der Waals surface area contributed by atoms with Crippen molar-refractivity contribution in [3.63, 3.8) is 0 Å². The minimum Gasteiger partial charge on any atom is -0.336 e. The molecule has 1 aromatic carbocycles. The minimum absolute atomic E-state index is 0.301. The quantitative estimate of drug-likeness (QED) is 0.742. The molecule has 0 aliphatic rings. The largest absolute Gasteiger partial charge is 0.336 e. The van der Waals surface area contributed by atoms with Gasteiger partial charge < -0.3 is 4.98 Å². The van der Waals surface area contributed by atoms with Gasteiger partial charge in [-0.05, 0) is 36.8 Å². The number of halogens is 2. The fraction of sp³-hybridized carbons (Fsp3) is 0.0769. The number of pyridine rings is 1. The molecule has 0 bridgehead atoms. The first-order valence-corrected chi connectivity index (χ1v) is 6.20. The van der Waals surface area contributed by atoms with Gasteiger partial charge in [-0.3, -0.25) is 0 Å². The van der Waals surface area contributed by atoms with Crippen LogP contribution >= 0.6 is 15.9 Å². The van der Waals surface area contributed by atoms with Crippen molar-refractivity contribution < 1.29 is 4.39 Å². The summed E-state index contributed by atoms with van der Waals surface area (Å²) in [7, 11) is 0. The Morgan fingerprint density at radius 1 is 1.28 bits per heavy atom. The molecule has 0 aliphatic carbocycles. The third-order valence-corrected chi connectivity index (χ3v) is 3.19. The van der Waals surface area contributed by atoms with Crippen LogP contribution in [-0.4, -0.2) is 15.0 Å². The van der Waals surface area contributed by atoms with E-state index >= 15 is 0 Å². The number of aryl methyl sites for hydroxylation is 1. The van der Waals surface area contributed by atoms with Crippen molar-refractivity contribution in [3.8, 4) is 11.4 Å². The number of aromatic nitrogens is 3. The molecule has 90 valence electrons. The Kier molecular flexibility index (Phi) is 2.63. The van der Waals surface area contributed by atoms with Gasteiger partial charge in [-0.25, -0.2) is 14.4 Å². The highest BCUT2D eigenvalue weighted by Crippen LogP contribution is 2.25. The summed E-state index contributed by atoms with van der Waals surface area (Å²) in [6, 6.07) is 6.58. The summed E-state index contributed by atoms with van der Waals surface area (Å²) in [6.07, 6.45) is 1.71. The maximum Gasteiger partial charge on any atom is 0.178 e. The highest BCUT2D eigenvalue weighted by Gasteiger charge is 2.09. The highest BCUT2D eigenvalue weighted by atomic mass is 79.9. The summed E-state index contributed by atoms with van der Waals surface area (Å²) in [5.41, 5.74) is 3.28. The topological polar surface area (TPSA) is 41.6 Å². The minimum atomic E-state index is -0.301. The molecule has 5 heteroatoms. The monoisotopic (exact) mass is 305 g/mol. The molecule has 2 heterocycles. The van der Waals surface area contributed by atoms with Gasteiger partial charge in [-0.1, -0.05) is 15.9 Å². The van der Waals surface area contributed by atoms with Crippen LogP contribution in [-0.2, 0) is 0 Å². The van der Waals surface area contributed by atoms with Crippen molar-refractivity contribution in [2.45, 2.75) is 6.92 Å². The van der Waals surface area contributed by atoms with E-state index < -0.39 is 0 Å². The van der Waals surface area contributed by atoms with Crippen molar-refractivity contribution in [2.75, 3.05) is 0 Å². The van der Waals surface area contributed by atoms with Crippen LogP contribution in [0.25, 0.3) is 22.6 Å². The van der Waals surface area contributed by atoms with Crippen LogP contribution in [0.2, 0.25) is 0 Å². The average Bonchev–Trinajstić information content (AvgIpc) is 2.73. The number of hydrogen-bond acceptors (Lipinski definition) is 2. The van der Waals surface area contributed by atoms with Crippen LogP contribution < -0.4 is 0 Å². The van der Waals surface area contributed by atoms with Gasteiger partial charge in [-0.2, -0.15) is 0 Å². The van der Waals surface area contributed by atoms with Gasteiger partial charge in [0, 0.05) is 16.2 Å². The van der Waals surface area contributed by atoms with Gasteiger partial charge in [0.25, 0.3) is 0 Å². The number of fused-ring (bicyclic) bond motifs is 1. The first-order chi connectivity index (χ1) is 8.63. The van der Waals surface area contributed by atoms with Crippen molar-refractivity contribution in [2.24, 2.45) is 0 Å². The third kappa shape index (κ3) is 1.90. The van der Waals surface area contributed by atoms with E-state index in [1.165, 1.54) is 12.1 Å². The fourth-order valence-corrected chi connectivity index (χ4v) is 2.33. The summed E-state index contributed by atoms with van der Waals surface area (Å²) in [5.74, 6) is 0.316. The van der Waals surface area contributed by atoms with E-state index in [-0.39, 0.29) is 5.82 Å². The van der Waals surface area contributed by atoms with Gasteiger partial charge in [0.15, 0.2) is 5.65 Å². The molecule has 0 unspecified atom stereocenters. The number of aromatic amines is 1. The lowest BCUT2D eigenvalue weighted by Crippen LogP contribution is -1.83. The summed E-state index contributed by atoms with van der Waals surface area (Å²) in [5, 5.41) is 0. The smallest absolute Gasteiger partial charge is 0.178 e. The molecular formula is C13H9BrFN3. The fourth-order valence-electron chi connectivity index (χ4n) is 1.86. The first-order valence-electron chi connectivity index (χ1n) is 5.41. The maximum atomic E-state index is 13.4. The zero-order valence-corrected chi connectivity index (χ0v) is 11.1. The molecule has 3 aromatic rings. The summed E-state index contributed by atoms with van der Waals surface area (Å²) in [6.45, 7) is 1.98. The molecule has 0 saturated heterocycles. The Morgan fingerprint density at radius 3 is 2.83 bits per heavy atom. The van der Waals surface area contributed by atoms with Crippen LogP contribution in [0, 0.1) is 12.7 Å². The van der Waals surface area contributed by atoms with Gasteiger partial charge >= 0.3 is 0 Å². The molecule has 0 atom stereocenters. The van der Waals surface area contributed by atoms with Crippen LogP contribution in [0.4, 0.5) is 4.39 Å². The molecule has 0 aliphatic heterocycles. The summed E-state index contributed by atoms with van der Waals surface area (Å²) in [4.78, 5) is 11.7. The molecular weight excluding hydrogens is 297 g/mol. The average molecular weight is 306 g/mol. The van der Waals surface area contributed by atoms with Crippen LogP contribution in [0.1, 0.15) is 5.56 Å². The third-order valence-electron chi connectivity index (χ3n) is 2.74. The van der Waals surface area contributed by atoms with Crippen LogP contribution in [0.15, 0.2) is 34.9 Å². The molecule has 0 fully saturated rings. The van der Waals surface area contributed by atoms with Gasteiger partial charge in [0.05, 0.1) is 5.52 Å². The Labute approximate surface area is 111 Å². The Bertz CT molecular complexity index is 716. The first kappa shape index (κ1) is 11.3. The number of imidazole rings is 1. The van der Waals surface area contributed by atoms with Gasteiger partial charge in [0.2, 0.25) is 0 Å². The highest BCUT2D eigenvalue weighted by molar-refractivity contribution is 9.10. The summed E-state index contributed by atoms with van der Waals surface area (Å²) >= 11 is 3.27. The van der Waals surface area contributed by atoms with Gasteiger partial charge in [0.1, 0.15) is 11.6 Å². The maximum absolute atomic E-state index is 13.4. The van der Waals surface area contributed by atoms with E-state index in [4.69, 9.17) is 0 Å². The van der Waals surface area contributed by atoms with E-state index in [1.807, 2.05) is 19.1 Å². The Hall–Kier alpha value is -1.75.